The number of rotatable bonds is 3. The summed E-state index contributed by atoms with van der Waals surface area (Å²) in [5.74, 6) is 2.69. The van der Waals surface area contributed by atoms with Gasteiger partial charge in [0.15, 0.2) is 5.78 Å². The molecule has 2 aromatic carbocycles. The number of nitrogens with one attached hydrogen (secondary N) is 1. The summed E-state index contributed by atoms with van der Waals surface area (Å²) in [6.45, 7) is 4.51. The summed E-state index contributed by atoms with van der Waals surface area (Å²) in [5, 5.41) is 1.36. The molecule has 2 fully saturated rings. The Hall–Kier alpha value is -3.05. The number of H-pyrrole nitrogens is 1. The van der Waals surface area contributed by atoms with Crippen molar-refractivity contribution in [2.45, 2.75) is 38.1 Å². The van der Waals surface area contributed by atoms with Crippen molar-refractivity contribution in [3.05, 3.63) is 64.9 Å². The van der Waals surface area contributed by atoms with Gasteiger partial charge in [-0.25, -0.2) is 0 Å². The van der Waals surface area contributed by atoms with Gasteiger partial charge in [-0.05, 0) is 79.0 Å². The summed E-state index contributed by atoms with van der Waals surface area (Å²) in [5.41, 5.74) is 5.94. The number of fused-ring (bicyclic) bond motifs is 6. The van der Waals surface area contributed by atoms with Gasteiger partial charge in [0.1, 0.15) is 11.5 Å². The van der Waals surface area contributed by atoms with Crippen LogP contribution in [0.1, 0.15) is 43.0 Å². The summed E-state index contributed by atoms with van der Waals surface area (Å²) in [4.78, 5) is 19.7. The smallest absolute Gasteiger partial charge is 0.159 e. The van der Waals surface area contributed by atoms with E-state index in [1.807, 2.05) is 24.3 Å². The number of carbonyl (C=O) groups excluding carboxylic acids is 1. The van der Waals surface area contributed by atoms with Gasteiger partial charge in [-0.3, -0.25) is 9.69 Å². The number of benzene rings is 2. The molecule has 0 bridgehead atoms. The molecule has 1 saturated heterocycles. The molecule has 3 atom stereocenters. The highest BCUT2D eigenvalue weighted by atomic mass is 16.5. The molecule has 0 unspecified atom stereocenters. The van der Waals surface area contributed by atoms with E-state index in [-0.39, 0.29) is 11.3 Å². The molecule has 0 spiro atoms. The van der Waals surface area contributed by atoms with E-state index in [9.17, 15) is 4.79 Å². The number of para-hydroxylation sites is 1. The van der Waals surface area contributed by atoms with Gasteiger partial charge in [0, 0.05) is 42.2 Å². The third-order valence-corrected chi connectivity index (χ3v) is 8.47. The molecular formula is C29H32N2O3. The van der Waals surface area contributed by atoms with Crippen molar-refractivity contribution in [2.24, 2.45) is 11.8 Å². The van der Waals surface area contributed by atoms with Gasteiger partial charge in [0.2, 0.25) is 0 Å². The zero-order valence-electron chi connectivity index (χ0n) is 20.2. The van der Waals surface area contributed by atoms with E-state index in [0.717, 1.165) is 55.0 Å². The number of Topliss-reactive ketones (excluding diaryl/α,β-unsaturated/α-hetero) is 1. The molecular weight excluding hydrogens is 424 g/mol. The summed E-state index contributed by atoms with van der Waals surface area (Å²) < 4.78 is 10.8. The molecule has 34 heavy (non-hydrogen) atoms. The number of ether oxygens (including phenoxy) is 2. The first-order valence-corrected chi connectivity index (χ1v) is 12.3. The Bertz CT molecular complexity index is 1280. The number of allylic oxidation sites excluding steroid dienone is 1. The van der Waals surface area contributed by atoms with Gasteiger partial charge < -0.3 is 14.5 Å². The number of carbonyl (C=O) groups is 1. The molecule has 1 saturated carbocycles. The molecule has 0 amide bonds. The fourth-order valence-electron chi connectivity index (χ4n) is 6.69. The minimum atomic E-state index is -0.0323. The molecule has 1 aromatic heterocycles. The van der Waals surface area contributed by atoms with E-state index in [0.29, 0.717) is 18.3 Å². The first kappa shape index (κ1) is 21.5. The van der Waals surface area contributed by atoms with Crippen molar-refractivity contribution in [1.82, 2.24) is 9.88 Å². The van der Waals surface area contributed by atoms with Gasteiger partial charge in [0.25, 0.3) is 0 Å². The average molecular weight is 457 g/mol. The lowest BCUT2D eigenvalue weighted by atomic mass is 9.65. The lowest BCUT2D eigenvalue weighted by Gasteiger charge is -2.54. The summed E-state index contributed by atoms with van der Waals surface area (Å²) in [7, 11) is 3.30. The zero-order valence-corrected chi connectivity index (χ0v) is 20.2. The molecule has 176 valence electrons. The number of aromatic nitrogens is 1. The number of aromatic amines is 1. The van der Waals surface area contributed by atoms with Crippen molar-refractivity contribution in [3.63, 3.8) is 0 Å². The third kappa shape index (κ3) is 3.37. The fraction of sp³-hybridized carbons (Fsp3) is 0.414. The molecule has 3 heterocycles. The maximum atomic E-state index is 13.3. The fourth-order valence-corrected chi connectivity index (χ4v) is 6.69. The van der Waals surface area contributed by atoms with E-state index in [1.165, 1.54) is 22.2 Å². The first-order valence-electron chi connectivity index (χ1n) is 12.3. The quantitative estimate of drug-likeness (QED) is 0.541. The van der Waals surface area contributed by atoms with Gasteiger partial charge in [0.05, 0.1) is 19.8 Å². The van der Waals surface area contributed by atoms with Crippen LogP contribution in [0.5, 0.6) is 11.5 Å². The Morgan fingerprint density at radius 3 is 2.59 bits per heavy atom. The Morgan fingerprint density at radius 2 is 1.82 bits per heavy atom. The van der Waals surface area contributed by atoms with Crippen LogP contribution < -0.4 is 9.47 Å². The standard InChI is InChI=1S/C29H32N2O3/c1-29-16-20-14-27(32)19(10-18-11-22(33-2)15-23(12-18)34-3)13-21(20)17-31(29)9-8-25-24-6-4-5-7-26(24)30-28(25)29/h4-7,10-12,15,20-21,30H,8-9,13-14,16-17H2,1-3H3/b19-10+/t20-,21-,29-/m0/s1. The van der Waals surface area contributed by atoms with Crippen molar-refractivity contribution < 1.29 is 14.3 Å². The lowest BCUT2D eigenvalue weighted by Crippen LogP contribution is -2.57. The normalized spacial score (nSPS) is 27.9. The van der Waals surface area contributed by atoms with Crippen molar-refractivity contribution in [3.8, 4) is 11.5 Å². The van der Waals surface area contributed by atoms with Gasteiger partial charge >= 0.3 is 0 Å². The van der Waals surface area contributed by atoms with Crippen LogP contribution in [0.3, 0.4) is 0 Å². The lowest BCUT2D eigenvalue weighted by molar-refractivity contribution is -0.121. The van der Waals surface area contributed by atoms with Crippen molar-refractivity contribution in [2.75, 3.05) is 27.3 Å². The van der Waals surface area contributed by atoms with Gasteiger partial charge in [-0.2, -0.15) is 0 Å². The highest BCUT2D eigenvalue weighted by Gasteiger charge is 2.49. The molecule has 0 radical (unpaired) electrons. The first-order chi connectivity index (χ1) is 16.5. The maximum Gasteiger partial charge on any atom is 0.159 e. The Balaban J connectivity index is 1.29. The third-order valence-electron chi connectivity index (χ3n) is 8.47. The number of hydrogen-bond donors (Lipinski definition) is 1. The van der Waals surface area contributed by atoms with Crippen LogP contribution in [0.2, 0.25) is 0 Å². The summed E-state index contributed by atoms with van der Waals surface area (Å²) in [6.07, 6.45) is 5.64. The van der Waals surface area contributed by atoms with E-state index < -0.39 is 0 Å². The second-order valence-corrected chi connectivity index (χ2v) is 10.4. The highest BCUT2D eigenvalue weighted by Crippen LogP contribution is 2.50. The molecule has 2 aliphatic heterocycles. The maximum absolute atomic E-state index is 13.3. The van der Waals surface area contributed by atoms with Gasteiger partial charge in [-0.15, -0.1) is 0 Å². The van der Waals surface area contributed by atoms with E-state index in [2.05, 4.69) is 41.1 Å². The minimum absolute atomic E-state index is 0.0323. The summed E-state index contributed by atoms with van der Waals surface area (Å²) >= 11 is 0. The molecule has 3 aromatic rings. The van der Waals surface area contributed by atoms with Crippen LogP contribution in [0.4, 0.5) is 0 Å². The van der Waals surface area contributed by atoms with E-state index >= 15 is 0 Å². The Morgan fingerprint density at radius 1 is 1.06 bits per heavy atom. The number of hydrogen-bond acceptors (Lipinski definition) is 4. The van der Waals surface area contributed by atoms with Crippen LogP contribution in [0.15, 0.2) is 48.0 Å². The second kappa shape index (κ2) is 8.02. The average Bonchev–Trinajstić information content (AvgIpc) is 3.23. The monoisotopic (exact) mass is 456 g/mol. The number of nitrogens with zero attached hydrogens (tertiary/aromatic N) is 1. The largest absolute Gasteiger partial charge is 0.497 e. The molecule has 5 heteroatoms. The molecule has 5 nitrogen and oxygen atoms in total. The van der Waals surface area contributed by atoms with Gasteiger partial charge in [-0.1, -0.05) is 18.2 Å². The molecule has 1 aliphatic carbocycles. The van der Waals surface area contributed by atoms with Crippen molar-refractivity contribution in [1.29, 1.82) is 0 Å². The van der Waals surface area contributed by atoms with Crippen molar-refractivity contribution >= 4 is 22.8 Å². The molecule has 3 aliphatic rings. The number of methoxy groups -OCH3 is 2. The molecule has 6 rings (SSSR count). The van der Waals surface area contributed by atoms with E-state index in [1.54, 1.807) is 14.2 Å². The predicted octanol–water partition coefficient (Wildman–Crippen LogP) is 5.34. The zero-order chi connectivity index (χ0) is 23.4. The van der Waals surface area contributed by atoms with Crippen LogP contribution in [-0.4, -0.2) is 43.0 Å². The molecule has 1 N–H and O–H groups in total. The highest BCUT2D eigenvalue weighted by molar-refractivity contribution is 6.00. The van der Waals surface area contributed by atoms with Crippen LogP contribution >= 0.6 is 0 Å². The predicted molar refractivity (Wildman–Crippen MR) is 134 cm³/mol. The Labute approximate surface area is 200 Å². The number of piperidine rings is 1. The van der Waals surface area contributed by atoms with E-state index in [4.69, 9.17) is 9.47 Å². The number of ketones is 1. The van der Waals surface area contributed by atoms with Crippen LogP contribution in [0, 0.1) is 11.8 Å². The summed E-state index contributed by atoms with van der Waals surface area (Å²) in [6, 6.07) is 14.5. The topological polar surface area (TPSA) is 54.6 Å². The van der Waals surface area contributed by atoms with Crippen LogP contribution in [-0.2, 0) is 16.8 Å². The van der Waals surface area contributed by atoms with Crippen LogP contribution in [0.25, 0.3) is 17.0 Å². The SMILES string of the molecule is COc1cc(/C=C2\C[C@H]3CN4CCc5c([nH]c6ccccc56)[C@]4(C)C[C@@H]3CC2=O)cc(OC)c1. The minimum Gasteiger partial charge on any atom is -0.497 e. The second-order valence-electron chi connectivity index (χ2n) is 10.4. The Kier molecular flexibility index (Phi) is 5.07.